The Kier molecular flexibility index (Phi) is 2.64. The highest BCUT2D eigenvalue weighted by atomic mass is 79.9. The molecule has 1 aromatic heterocycles. The molecule has 1 fully saturated rings. The molecule has 1 saturated carbocycles. The largest absolute Gasteiger partial charge is 0.419 e. The highest BCUT2D eigenvalue weighted by Crippen LogP contribution is 2.41. The Bertz CT molecular complexity index is 413. The van der Waals surface area contributed by atoms with E-state index in [1.165, 1.54) is 6.20 Å². The van der Waals surface area contributed by atoms with Crippen molar-refractivity contribution in [2.75, 3.05) is 5.32 Å². The second-order valence-electron chi connectivity index (χ2n) is 4.23. The van der Waals surface area contributed by atoms with Crippen molar-refractivity contribution in [1.29, 1.82) is 0 Å². The summed E-state index contributed by atoms with van der Waals surface area (Å²) in [5.74, 6) is -0.0873. The fraction of sp³-hybridized carbons (Fsp3) is 0.500. The van der Waals surface area contributed by atoms with E-state index in [2.05, 4.69) is 26.2 Å². The summed E-state index contributed by atoms with van der Waals surface area (Å²) in [6.07, 6.45) is -1.27. The third-order valence-corrected chi connectivity index (χ3v) is 3.01. The summed E-state index contributed by atoms with van der Waals surface area (Å²) in [6, 6.07) is 1.04. The number of alkyl halides is 3. The number of pyridine rings is 1. The number of aromatic nitrogens is 1. The van der Waals surface area contributed by atoms with E-state index in [9.17, 15) is 13.2 Å². The lowest BCUT2D eigenvalue weighted by molar-refractivity contribution is -0.137. The Labute approximate surface area is 99.4 Å². The van der Waals surface area contributed by atoms with E-state index < -0.39 is 11.7 Å². The number of hydrogen-bond donors (Lipinski definition) is 1. The van der Waals surface area contributed by atoms with Crippen LogP contribution in [0.15, 0.2) is 16.7 Å². The zero-order chi connectivity index (χ0) is 12.0. The van der Waals surface area contributed by atoms with Gasteiger partial charge in [0.25, 0.3) is 0 Å². The van der Waals surface area contributed by atoms with Gasteiger partial charge in [-0.1, -0.05) is 0 Å². The zero-order valence-electron chi connectivity index (χ0n) is 8.53. The summed E-state index contributed by atoms with van der Waals surface area (Å²) in [6.45, 7) is 1.89. The van der Waals surface area contributed by atoms with Crippen LogP contribution in [0.3, 0.4) is 0 Å². The maximum absolute atomic E-state index is 12.7. The topological polar surface area (TPSA) is 24.9 Å². The number of hydrogen-bond acceptors (Lipinski definition) is 2. The molecule has 0 aromatic carbocycles. The molecule has 1 aliphatic carbocycles. The van der Waals surface area contributed by atoms with Gasteiger partial charge in [-0.25, -0.2) is 4.98 Å². The van der Waals surface area contributed by atoms with Gasteiger partial charge in [-0.3, -0.25) is 0 Å². The van der Waals surface area contributed by atoms with Crippen LogP contribution >= 0.6 is 15.9 Å². The van der Waals surface area contributed by atoms with Gasteiger partial charge in [0.2, 0.25) is 0 Å². The first-order valence-electron chi connectivity index (χ1n) is 4.81. The number of anilines is 1. The molecule has 1 aromatic rings. The minimum Gasteiger partial charge on any atom is -0.364 e. The fourth-order valence-corrected chi connectivity index (χ4v) is 1.68. The van der Waals surface area contributed by atoms with Crippen LogP contribution in [-0.2, 0) is 6.18 Å². The first kappa shape index (κ1) is 11.7. The van der Waals surface area contributed by atoms with E-state index in [1.54, 1.807) is 0 Å². The van der Waals surface area contributed by atoms with E-state index in [0.717, 1.165) is 18.9 Å². The van der Waals surface area contributed by atoms with Gasteiger partial charge in [-0.2, -0.15) is 13.2 Å². The number of nitrogens with zero attached hydrogens (tertiary/aromatic N) is 1. The molecule has 2 nitrogen and oxygen atoms in total. The second-order valence-corrected chi connectivity index (χ2v) is 5.15. The Balaban J connectivity index is 2.36. The molecular weight excluding hydrogens is 285 g/mol. The SMILES string of the molecule is CC1(Nc2ncc(Br)cc2C(F)(F)F)CC1. The molecule has 1 N–H and O–H groups in total. The lowest BCUT2D eigenvalue weighted by Gasteiger charge is -2.17. The summed E-state index contributed by atoms with van der Waals surface area (Å²) >= 11 is 2.99. The van der Waals surface area contributed by atoms with Crippen LogP contribution in [0.5, 0.6) is 0 Å². The van der Waals surface area contributed by atoms with Crippen molar-refractivity contribution in [3.05, 3.63) is 22.3 Å². The molecule has 1 aliphatic rings. The third-order valence-electron chi connectivity index (χ3n) is 2.58. The maximum Gasteiger partial charge on any atom is 0.419 e. The molecule has 2 rings (SSSR count). The quantitative estimate of drug-likeness (QED) is 0.897. The summed E-state index contributed by atoms with van der Waals surface area (Å²) in [4.78, 5) is 3.79. The van der Waals surface area contributed by atoms with Gasteiger partial charge < -0.3 is 5.32 Å². The predicted octanol–water partition coefficient (Wildman–Crippen LogP) is 3.83. The van der Waals surface area contributed by atoms with Gasteiger partial charge in [0.05, 0.1) is 5.56 Å². The van der Waals surface area contributed by atoms with Crippen molar-refractivity contribution < 1.29 is 13.2 Å². The van der Waals surface area contributed by atoms with E-state index in [4.69, 9.17) is 0 Å². The first-order valence-corrected chi connectivity index (χ1v) is 5.60. The molecule has 0 unspecified atom stereocenters. The van der Waals surface area contributed by atoms with E-state index in [1.807, 2.05) is 6.92 Å². The highest BCUT2D eigenvalue weighted by Gasteiger charge is 2.41. The number of nitrogens with one attached hydrogen (secondary N) is 1. The second kappa shape index (κ2) is 3.61. The summed E-state index contributed by atoms with van der Waals surface area (Å²) < 4.78 is 38.5. The molecule has 0 saturated heterocycles. The van der Waals surface area contributed by atoms with Crippen molar-refractivity contribution in [1.82, 2.24) is 4.98 Å². The molecule has 1 heterocycles. The van der Waals surface area contributed by atoms with E-state index >= 15 is 0 Å². The molecule has 0 amide bonds. The molecule has 0 atom stereocenters. The van der Waals surface area contributed by atoms with Crippen LogP contribution in [0.1, 0.15) is 25.3 Å². The van der Waals surface area contributed by atoms with Crippen molar-refractivity contribution in [2.45, 2.75) is 31.5 Å². The van der Waals surface area contributed by atoms with Crippen molar-refractivity contribution in [2.24, 2.45) is 0 Å². The molecule has 0 bridgehead atoms. The van der Waals surface area contributed by atoms with Gasteiger partial charge >= 0.3 is 6.18 Å². The Morgan fingerprint density at radius 2 is 2.06 bits per heavy atom. The van der Waals surface area contributed by atoms with Crippen LogP contribution in [-0.4, -0.2) is 10.5 Å². The average molecular weight is 295 g/mol. The normalized spacial score (nSPS) is 18.3. The van der Waals surface area contributed by atoms with Gasteiger partial charge in [-0.15, -0.1) is 0 Å². The van der Waals surface area contributed by atoms with Crippen LogP contribution in [0.4, 0.5) is 19.0 Å². The first-order chi connectivity index (χ1) is 7.30. The van der Waals surface area contributed by atoms with E-state index in [-0.39, 0.29) is 11.4 Å². The molecule has 0 aliphatic heterocycles. The molecular formula is C10H10BrF3N2. The molecule has 88 valence electrons. The maximum atomic E-state index is 12.7. The minimum absolute atomic E-state index is 0.0873. The molecule has 0 spiro atoms. The standard InChI is InChI=1S/C10H10BrF3N2/c1-9(2-3-9)16-8-7(10(12,13)14)4-6(11)5-15-8/h4-5H,2-3H2,1H3,(H,15,16). The molecule has 6 heteroatoms. The van der Waals surface area contributed by atoms with Gasteiger partial charge in [0, 0.05) is 16.2 Å². The molecule has 16 heavy (non-hydrogen) atoms. The number of rotatable bonds is 2. The third kappa shape index (κ3) is 2.48. The van der Waals surface area contributed by atoms with Crippen molar-refractivity contribution in [3.8, 4) is 0 Å². The Hall–Kier alpha value is -0.780. The van der Waals surface area contributed by atoms with Gasteiger partial charge in [0.15, 0.2) is 0 Å². The highest BCUT2D eigenvalue weighted by molar-refractivity contribution is 9.10. The lowest BCUT2D eigenvalue weighted by Crippen LogP contribution is -2.20. The van der Waals surface area contributed by atoms with E-state index in [0.29, 0.717) is 4.47 Å². The van der Waals surface area contributed by atoms with Crippen LogP contribution in [0, 0.1) is 0 Å². The van der Waals surface area contributed by atoms with Crippen LogP contribution in [0.2, 0.25) is 0 Å². The summed E-state index contributed by atoms with van der Waals surface area (Å²) in [7, 11) is 0. The summed E-state index contributed by atoms with van der Waals surface area (Å²) in [5, 5.41) is 2.84. The smallest absolute Gasteiger partial charge is 0.364 e. The monoisotopic (exact) mass is 294 g/mol. The fourth-order valence-electron chi connectivity index (χ4n) is 1.35. The minimum atomic E-state index is -4.38. The predicted molar refractivity (Wildman–Crippen MR) is 58.2 cm³/mol. The van der Waals surface area contributed by atoms with Crippen molar-refractivity contribution >= 4 is 21.7 Å². The van der Waals surface area contributed by atoms with Crippen molar-refractivity contribution in [3.63, 3.8) is 0 Å². The zero-order valence-corrected chi connectivity index (χ0v) is 10.1. The van der Waals surface area contributed by atoms with Crippen LogP contribution in [0.25, 0.3) is 0 Å². The van der Waals surface area contributed by atoms with Gasteiger partial charge in [0.1, 0.15) is 5.82 Å². The Morgan fingerprint density at radius 3 is 2.56 bits per heavy atom. The average Bonchev–Trinajstić information content (AvgIpc) is 2.85. The Morgan fingerprint density at radius 1 is 1.44 bits per heavy atom. The van der Waals surface area contributed by atoms with Crippen LogP contribution < -0.4 is 5.32 Å². The summed E-state index contributed by atoms with van der Waals surface area (Å²) in [5.41, 5.74) is -0.948. The lowest BCUT2D eigenvalue weighted by atomic mass is 10.2. The van der Waals surface area contributed by atoms with Gasteiger partial charge in [-0.05, 0) is 41.8 Å². The number of halogens is 4. The molecule has 0 radical (unpaired) electrons.